The van der Waals surface area contributed by atoms with Crippen LogP contribution in [-0.4, -0.2) is 44.6 Å². The average Bonchev–Trinajstić information content (AvgIpc) is 3.20. The summed E-state index contributed by atoms with van der Waals surface area (Å²) in [6, 6.07) is 10.4. The Hall–Kier alpha value is -2.97. The Balaban J connectivity index is 1.55. The fraction of sp³-hybridized carbons (Fsp3) is 0.350. The van der Waals surface area contributed by atoms with Gasteiger partial charge in [0.15, 0.2) is 23.0 Å². The van der Waals surface area contributed by atoms with E-state index in [0.29, 0.717) is 40.7 Å². The van der Waals surface area contributed by atoms with E-state index in [1.807, 2.05) is 13.0 Å². The highest BCUT2D eigenvalue weighted by Crippen LogP contribution is 2.36. The lowest BCUT2D eigenvalue weighted by Gasteiger charge is -2.36. The zero-order chi connectivity index (χ0) is 19.7. The summed E-state index contributed by atoms with van der Waals surface area (Å²) in [5.74, 6) is 2.04. The van der Waals surface area contributed by atoms with Gasteiger partial charge in [-0.25, -0.2) is 9.90 Å². The molecule has 2 aromatic rings. The number of fused-ring (bicyclic) bond motifs is 1. The molecule has 0 bridgehead atoms. The topological polar surface area (TPSA) is 75.7 Å². The van der Waals surface area contributed by atoms with Crippen molar-refractivity contribution in [2.45, 2.75) is 19.3 Å². The minimum atomic E-state index is -0.749. The van der Waals surface area contributed by atoms with Gasteiger partial charge in [0.1, 0.15) is 0 Å². The number of hydrogen-bond acceptors (Lipinski definition) is 7. The van der Waals surface area contributed by atoms with E-state index in [2.05, 4.69) is 0 Å². The van der Waals surface area contributed by atoms with E-state index >= 15 is 0 Å². The Morgan fingerprint density at radius 3 is 2.61 bits per heavy atom. The van der Waals surface area contributed by atoms with Crippen LogP contribution in [0.25, 0.3) is 0 Å². The molecule has 1 amide bonds. The van der Waals surface area contributed by atoms with E-state index in [4.69, 9.17) is 28.5 Å². The van der Waals surface area contributed by atoms with Gasteiger partial charge in [0, 0.05) is 11.1 Å². The Bertz CT molecular complexity index is 885. The standard InChI is InChI=1S/C20H21NO7/c1-12-10-21(19(22)13-4-7-16-18(8-13)26-11-25-16)28-20(27-12)14-5-6-15(23-2)17(9-14)24-3/h4-9,12,20H,10-11H2,1-3H3/t12-,20-/m0/s1. The minimum absolute atomic E-state index is 0.152. The molecule has 8 heteroatoms. The summed E-state index contributed by atoms with van der Waals surface area (Å²) >= 11 is 0. The second kappa shape index (κ2) is 7.57. The second-order valence-electron chi connectivity index (χ2n) is 6.43. The molecule has 0 N–H and O–H groups in total. The summed E-state index contributed by atoms with van der Waals surface area (Å²) in [7, 11) is 3.13. The highest BCUT2D eigenvalue weighted by atomic mass is 16.8. The van der Waals surface area contributed by atoms with Crippen molar-refractivity contribution in [2.24, 2.45) is 0 Å². The molecule has 2 heterocycles. The van der Waals surface area contributed by atoms with Crippen molar-refractivity contribution in [3.8, 4) is 23.0 Å². The third-order valence-electron chi connectivity index (χ3n) is 4.53. The molecule has 4 rings (SSSR count). The number of carbonyl (C=O) groups excluding carboxylic acids is 1. The fourth-order valence-electron chi connectivity index (χ4n) is 3.11. The highest BCUT2D eigenvalue weighted by Gasteiger charge is 2.32. The number of methoxy groups -OCH3 is 2. The number of ether oxygens (including phenoxy) is 5. The van der Waals surface area contributed by atoms with Crippen LogP contribution < -0.4 is 18.9 Å². The van der Waals surface area contributed by atoms with Crippen molar-refractivity contribution < 1.29 is 33.3 Å². The number of carbonyl (C=O) groups is 1. The Morgan fingerprint density at radius 1 is 1.04 bits per heavy atom. The smallest absolute Gasteiger partial charge is 0.277 e. The molecule has 2 atom stereocenters. The average molecular weight is 387 g/mol. The zero-order valence-corrected chi connectivity index (χ0v) is 15.8. The number of nitrogens with zero attached hydrogens (tertiary/aromatic N) is 1. The summed E-state index contributed by atoms with van der Waals surface area (Å²) in [5, 5.41) is 1.31. The first kappa shape index (κ1) is 18.4. The lowest BCUT2D eigenvalue weighted by Crippen LogP contribution is -2.44. The molecule has 28 heavy (non-hydrogen) atoms. The zero-order valence-electron chi connectivity index (χ0n) is 15.8. The largest absolute Gasteiger partial charge is 0.493 e. The predicted molar refractivity (Wildman–Crippen MR) is 97.5 cm³/mol. The first-order valence-corrected chi connectivity index (χ1v) is 8.84. The molecule has 2 aliphatic heterocycles. The SMILES string of the molecule is COc1ccc([C@H]2O[C@@H](C)CN(C(=O)c3ccc4c(c3)OCO4)O2)cc1OC. The summed E-state index contributed by atoms with van der Waals surface area (Å²) in [6.45, 7) is 2.34. The Kier molecular flexibility index (Phi) is 4.97. The maximum atomic E-state index is 12.9. The quantitative estimate of drug-likeness (QED) is 0.798. The molecule has 148 valence electrons. The van der Waals surface area contributed by atoms with Crippen molar-refractivity contribution in [1.29, 1.82) is 0 Å². The van der Waals surface area contributed by atoms with E-state index in [0.717, 1.165) is 0 Å². The number of amides is 1. The molecule has 8 nitrogen and oxygen atoms in total. The Morgan fingerprint density at radius 2 is 1.82 bits per heavy atom. The van der Waals surface area contributed by atoms with Gasteiger partial charge in [-0.15, -0.1) is 0 Å². The molecule has 0 saturated carbocycles. The van der Waals surface area contributed by atoms with Gasteiger partial charge in [-0.05, 0) is 43.3 Å². The van der Waals surface area contributed by atoms with Crippen LogP contribution in [0.1, 0.15) is 29.1 Å². The van der Waals surface area contributed by atoms with Crippen LogP contribution in [0.4, 0.5) is 0 Å². The molecule has 1 fully saturated rings. The van der Waals surface area contributed by atoms with Gasteiger partial charge < -0.3 is 23.7 Å². The van der Waals surface area contributed by atoms with Gasteiger partial charge in [-0.3, -0.25) is 4.79 Å². The molecule has 0 radical (unpaired) electrons. The first-order chi connectivity index (χ1) is 13.6. The molecular weight excluding hydrogens is 366 g/mol. The molecule has 0 spiro atoms. The van der Waals surface area contributed by atoms with E-state index in [1.165, 1.54) is 5.06 Å². The molecule has 0 aliphatic carbocycles. The normalized spacial score (nSPS) is 20.8. The summed E-state index contributed by atoms with van der Waals surface area (Å²) in [6.07, 6.45) is -0.966. The van der Waals surface area contributed by atoms with Gasteiger partial charge in [-0.1, -0.05) is 0 Å². The summed E-state index contributed by atoms with van der Waals surface area (Å²) < 4.78 is 27.1. The van der Waals surface area contributed by atoms with Crippen LogP contribution in [0.5, 0.6) is 23.0 Å². The molecule has 2 aromatic carbocycles. The van der Waals surface area contributed by atoms with Gasteiger partial charge >= 0.3 is 0 Å². The van der Waals surface area contributed by atoms with Gasteiger partial charge in [-0.2, -0.15) is 0 Å². The maximum Gasteiger partial charge on any atom is 0.277 e. The van der Waals surface area contributed by atoms with E-state index in [-0.39, 0.29) is 18.8 Å². The number of hydroxylamine groups is 2. The van der Waals surface area contributed by atoms with Crippen LogP contribution in [0.2, 0.25) is 0 Å². The lowest BCUT2D eigenvalue weighted by atomic mass is 10.1. The molecule has 0 aromatic heterocycles. The predicted octanol–water partition coefficient (Wildman–Crippen LogP) is 2.92. The van der Waals surface area contributed by atoms with Crippen LogP contribution >= 0.6 is 0 Å². The van der Waals surface area contributed by atoms with Gasteiger partial charge in [0.05, 0.1) is 26.9 Å². The molecular formula is C20H21NO7. The van der Waals surface area contributed by atoms with Crippen molar-refractivity contribution in [1.82, 2.24) is 5.06 Å². The van der Waals surface area contributed by atoms with Crippen molar-refractivity contribution in [2.75, 3.05) is 27.6 Å². The molecule has 1 saturated heterocycles. The lowest BCUT2D eigenvalue weighted by molar-refractivity contribution is -0.320. The third-order valence-corrected chi connectivity index (χ3v) is 4.53. The van der Waals surface area contributed by atoms with Crippen molar-refractivity contribution in [3.63, 3.8) is 0 Å². The van der Waals surface area contributed by atoms with E-state index in [1.54, 1.807) is 44.6 Å². The van der Waals surface area contributed by atoms with Crippen LogP contribution in [-0.2, 0) is 9.57 Å². The fourth-order valence-corrected chi connectivity index (χ4v) is 3.11. The van der Waals surface area contributed by atoms with Crippen LogP contribution in [0.15, 0.2) is 36.4 Å². The second-order valence-corrected chi connectivity index (χ2v) is 6.43. The van der Waals surface area contributed by atoms with Crippen molar-refractivity contribution in [3.05, 3.63) is 47.5 Å². The van der Waals surface area contributed by atoms with Crippen LogP contribution in [0.3, 0.4) is 0 Å². The Labute approximate surface area is 162 Å². The number of rotatable bonds is 4. The number of benzene rings is 2. The van der Waals surface area contributed by atoms with E-state index < -0.39 is 6.29 Å². The van der Waals surface area contributed by atoms with E-state index in [9.17, 15) is 4.79 Å². The molecule has 2 aliphatic rings. The van der Waals surface area contributed by atoms with Gasteiger partial charge in [0.25, 0.3) is 5.91 Å². The highest BCUT2D eigenvalue weighted by molar-refractivity contribution is 5.94. The third kappa shape index (κ3) is 3.44. The van der Waals surface area contributed by atoms with Crippen LogP contribution in [0, 0.1) is 0 Å². The molecule has 0 unspecified atom stereocenters. The van der Waals surface area contributed by atoms with Crippen molar-refractivity contribution >= 4 is 5.91 Å². The first-order valence-electron chi connectivity index (χ1n) is 8.84. The minimum Gasteiger partial charge on any atom is -0.493 e. The maximum absolute atomic E-state index is 12.9. The summed E-state index contributed by atoms with van der Waals surface area (Å²) in [5.41, 5.74) is 1.16. The number of hydrogen-bond donors (Lipinski definition) is 0. The summed E-state index contributed by atoms with van der Waals surface area (Å²) in [4.78, 5) is 18.8. The van der Waals surface area contributed by atoms with Gasteiger partial charge in [0.2, 0.25) is 13.1 Å². The monoisotopic (exact) mass is 387 g/mol.